The molecule has 0 radical (unpaired) electrons. The molecule has 2 heterocycles. The summed E-state index contributed by atoms with van der Waals surface area (Å²) in [6, 6.07) is 0.831. The van der Waals surface area contributed by atoms with E-state index >= 15 is 0 Å². The predicted molar refractivity (Wildman–Crippen MR) is 72.7 cm³/mol. The van der Waals surface area contributed by atoms with Gasteiger partial charge in [0.25, 0.3) is 0 Å². The molecule has 0 spiro atoms. The van der Waals surface area contributed by atoms with Crippen LogP contribution >= 0.6 is 22.9 Å². The van der Waals surface area contributed by atoms with Crippen LogP contribution in [-0.2, 0) is 6.18 Å². The molecule has 0 amide bonds. The van der Waals surface area contributed by atoms with Crippen molar-refractivity contribution in [3.63, 3.8) is 0 Å². The van der Waals surface area contributed by atoms with Crippen LogP contribution in [-0.4, -0.2) is 16.5 Å². The van der Waals surface area contributed by atoms with E-state index in [0.717, 1.165) is 12.3 Å². The van der Waals surface area contributed by atoms with Crippen LogP contribution in [0.15, 0.2) is 17.6 Å². The predicted octanol–water partition coefficient (Wildman–Crippen LogP) is 3.92. The van der Waals surface area contributed by atoms with Crippen molar-refractivity contribution in [2.45, 2.75) is 6.18 Å². The summed E-state index contributed by atoms with van der Waals surface area (Å²) in [5.74, 6) is 2.39. The number of aromatic nitrogens is 2. The number of nitrogens with zero attached hydrogens (tertiary/aromatic N) is 2. The van der Waals surface area contributed by atoms with Crippen LogP contribution in [0, 0.1) is 12.3 Å². The fourth-order valence-corrected chi connectivity index (χ4v) is 2.33. The van der Waals surface area contributed by atoms with Crippen molar-refractivity contribution in [3.8, 4) is 23.7 Å². The van der Waals surface area contributed by atoms with Crippen LogP contribution in [0.4, 0.5) is 18.3 Å². The van der Waals surface area contributed by atoms with E-state index in [4.69, 9.17) is 18.0 Å². The smallest absolute Gasteiger partial charge is 0.351 e. The molecular weight excluding hydrogens is 311 g/mol. The summed E-state index contributed by atoms with van der Waals surface area (Å²) >= 11 is 7.10. The molecule has 20 heavy (non-hydrogen) atoms. The van der Waals surface area contributed by atoms with Crippen LogP contribution in [0.25, 0.3) is 11.4 Å². The Morgan fingerprint density at radius 3 is 2.80 bits per heavy atom. The summed E-state index contributed by atoms with van der Waals surface area (Å²) in [7, 11) is 0. The molecule has 0 aliphatic carbocycles. The van der Waals surface area contributed by atoms with Crippen molar-refractivity contribution in [1.29, 1.82) is 0 Å². The van der Waals surface area contributed by atoms with Gasteiger partial charge < -0.3 is 5.32 Å². The largest absolute Gasteiger partial charge is 0.417 e. The molecule has 0 aromatic carbocycles. The average Bonchev–Trinajstić information content (AvgIpc) is 2.83. The first-order valence-electron chi connectivity index (χ1n) is 5.28. The van der Waals surface area contributed by atoms with Gasteiger partial charge in [0, 0.05) is 11.6 Å². The van der Waals surface area contributed by atoms with Gasteiger partial charge in [0.1, 0.15) is 11.4 Å². The van der Waals surface area contributed by atoms with Crippen LogP contribution < -0.4 is 5.32 Å². The molecule has 0 saturated carbocycles. The van der Waals surface area contributed by atoms with Gasteiger partial charge in [-0.2, -0.15) is 13.2 Å². The molecule has 0 atom stereocenters. The number of anilines is 1. The van der Waals surface area contributed by atoms with Crippen molar-refractivity contribution in [2.24, 2.45) is 0 Å². The lowest BCUT2D eigenvalue weighted by Gasteiger charge is -2.07. The minimum Gasteiger partial charge on any atom is -0.351 e. The monoisotopic (exact) mass is 317 g/mol. The second kappa shape index (κ2) is 5.69. The summed E-state index contributed by atoms with van der Waals surface area (Å²) in [6.45, 7) is 0.307. The van der Waals surface area contributed by atoms with Crippen molar-refractivity contribution in [3.05, 3.63) is 28.2 Å². The molecule has 2 aromatic rings. The molecule has 0 bridgehead atoms. The van der Waals surface area contributed by atoms with Gasteiger partial charge in [0.05, 0.1) is 17.1 Å². The summed E-state index contributed by atoms with van der Waals surface area (Å²) in [6.07, 6.45) is 1.36. The zero-order valence-corrected chi connectivity index (χ0v) is 11.4. The Balaban J connectivity index is 2.30. The number of halogens is 4. The van der Waals surface area contributed by atoms with E-state index in [1.165, 1.54) is 11.3 Å². The van der Waals surface area contributed by atoms with Crippen molar-refractivity contribution in [1.82, 2.24) is 9.97 Å². The van der Waals surface area contributed by atoms with Gasteiger partial charge >= 0.3 is 6.18 Å². The lowest BCUT2D eigenvalue weighted by atomic mass is 10.2. The lowest BCUT2D eigenvalue weighted by Crippen LogP contribution is -2.05. The third kappa shape index (κ3) is 3.21. The van der Waals surface area contributed by atoms with Crippen LogP contribution in [0.3, 0.4) is 0 Å². The summed E-state index contributed by atoms with van der Waals surface area (Å²) in [5.41, 5.74) is -0.301. The highest BCUT2D eigenvalue weighted by Gasteiger charge is 2.31. The van der Waals surface area contributed by atoms with Crippen molar-refractivity contribution < 1.29 is 13.2 Å². The molecule has 0 unspecified atom stereocenters. The second-order valence-corrected chi connectivity index (χ2v) is 4.91. The fourth-order valence-electron chi connectivity index (χ4n) is 1.37. The number of terminal acetylenes is 1. The molecule has 3 nitrogen and oxygen atoms in total. The second-order valence-electron chi connectivity index (χ2n) is 3.65. The molecule has 1 N–H and O–H groups in total. The maximum atomic E-state index is 12.5. The van der Waals surface area contributed by atoms with E-state index in [2.05, 4.69) is 21.2 Å². The molecular formula is C12H7ClF3N3S. The third-order valence-corrected chi connectivity index (χ3v) is 3.35. The third-order valence-electron chi connectivity index (χ3n) is 2.26. The van der Waals surface area contributed by atoms with E-state index in [9.17, 15) is 13.2 Å². The number of hydrogen-bond acceptors (Lipinski definition) is 4. The molecule has 2 rings (SSSR count). The van der Waals surface area contributed by atoms with E-state index in [-0.39, 0.29) is 10.7 Å². The molecule has 0 fully saturated rings. The van der Waals surface area contributed by atoms with Gasteiger partial charge in [0.15, 0.2) is 5.13 Å². The van der Waals surface area contributed by atoms with Gasteiger partial charge in [0.2, 0.25) is 0 Å². The average molecular weight is 318 g/mol. The van der Waals surface area contributed by atoms with Gasteiger partial charge in [-0.25, -0.2) is 4.98 Å². The highest BCUT2D eigenvalue weighted by Crippen LogP contribution is 2.34. The van der Waals surface area contributed by atoms with Crippen LogP contribution in [0.1, 0.15) is 5.56 Å². The number of nitrogens with one attached hydrogen (secondary N) is 1. The number of hydrogen-bond donors (Lipinski definition) is 1. The quantitative estimate of drug-likeness (QED) is 0.872. The summed E-state index contributed by atoms with van der Waals surface area (Å²) in [4.78, 5) is 7.89. The molecule has 2 aromatic heterocycles. The first kappa shape index (κ1) is 14.6. The molecule has 0 aliphatic rings. The Kier molecular flexibility index (Phi) is 4.16. The summed E-state index contributed by atoms with van der Waals surface area (Å²) in [5, 5.41) is 4.95. The highest BCUT2D eigenvalue weighted by atomic mass is 35.5. The van der Waals surface area contributed by atoms with E-state index in [0.29, 0.717) is 17.4 Å². The topological polar surface area (TPSA) is 37.8 Å². The normalized spacial score (nSPS) is 11.2. The fraction of sp³-hybridized carbons (Fsp3) is 0.167. The maximum Gasteiger partial charge on any atom is 0.417 e. The number of thiazole rings is 1. The van der Waals surface area contributed by atoms with Crippen LogP contribution in [0.2, 0.25) is 5.02 Å². The zero-order valence-electron chi connectivity index (χ0n) is 9.83. The SMILES string of the molecule is C#CCNc1nc(-c2ncc(C(F)(F)F)cc2Cl)cs1. The Hall–Kier alpha value is -1.78. The lowest BCUT2D eigenvalue weighted by molar-refractivity contribution is -0.137. The van der Waals surface area contributed by atoms with Crippen LogP contribution in [0.5, 0.6) is 0 Å². The van der Waals surface area contributed by atoms with Gasteiger partial charge in [-0.05, 0) is 6.07 Å². The Bertz CT molecular complexity index is 661. The van der Waals surface area contributed by atoms with Gasteiger partial charge in [-0.3, -0.25) is 4.98 Å². The minimum absolute atomic E-state index is 0.103. The van der Waals surface area contributed by atoms with E-state index in [1.54, 1.807) is 5.38 Å². The first-order valence-corrected chi connectivity index (χ1v) is 6.53. The Morgan fingerprint density at radius 1 is 1.45 bits per heavy atom. The molecule has 0 saturated heterocycles. The molecule has 8 heteroatoms. The minimum atomic E-state index is -4.48. The Labute approximate surface area is 121 Å². The maximum absolute atomic E-state index is 12.5. The Morgan fingerprint density at radius 2 is 2.20 bits per heavy atom. The van der Waals surface area contributed by atoms with Gasteiger partial charge in [-0.15, -0.1) is 17.8 Å². The zero-order chi connectivity index (χ0) is 14.8. The molecule has 0 aliphatic heterocycles. The van der Waals surface area contributed by atoms with E-state index < -0.39 is 11.7 Å². The number of alkyl halides is 3. The highest BCUT2D eigenvalue weighted by molar-refractivity contribution is 7.14. The van der Waals surface area contributed by atoms with Crippen molar-refractivity contribution in [2.75, 3.05) is 11.9 Å². The molecule has 104 valence electrons. The van der Waals surface area contributed by atoms with Crippen molar-refractivity contribution >= 4 is 28.1 Å². The number of pyridine rings is 1. The van der Waals surface area contributed by atoms with Gasteiger partial charge in [-0.1, -0.05) is 17.5 Å². The first-order chi connectivity index (χ1) is 9.41. The van der Waals surface area contributed by atoms with E-state index in [1.807, 2.05) is 0 Å². The standard InChI is InChI=1S/C12H7ClF3N3S/c1-2-3-17-11-19-9(6-20-11)10-8(13)4-7(5-18-10)12(14,15)16/h1,4-6H,3H2,(H,17,19). The number of rotatable bonds is 3. The summed E-state index contributed by atoms with van der Waals surface area (Å²) < 4.78 is 37.5.